The number of carbonyl (C=O) groups is 2. The maximum atomic E-state index is 13.1. The molecule has 0 aliphatic carbocycles. The Bertz CT molecular complexity index is 866. The highest BCUT2D eigenvalue weighted by Gasteiger charge is 2.27. The molecule has 25 heavy (non-hydrogen) atoms. The molecule has 1 aromatic heterocycles. The number of anilines is 2. The van der Waals surface area contributed by atoms with E-state index in [1.54, 1.807) is 0 Å². The van der Waals surface area contributed by atoms with Gasteiger partial charge in [0.15, 0.2) is 11.4 Å². The number of amides is 1. The number of hydrogen-bond donors (Lipinski definition) is 2. The third kappa shape index (κ3) is 3.28. The van der Waals surface area contributed by atoms with Crippen molar-refractivity contribution in [3.05, 3.63) is 77.4 Å². The molecule has 6 nitrogen and oxygen atoms in total. The number of carboxylic acid groups (broad SMARTS) is 1. The molecule has 3 rings (SSSR count). The normalized spacial score (nSPS) is 10.5. The minimum atomic E-state index is -1.23. The molecule has 0 saturated carbocycles. The summed E-state index contributed by atoms with van der Waals surface area (Å²) in [5.41, 5.74) is 3.04. The first-order valence-corrected chi connectivity index (χ1v) is 7.72. The Morgan fingerprint density at radius 3 is 1.84 bits per heavy atom. The summed E-state index contributed by atoms with van der Waals surface area (Å²) in [4.78, 5) is 32.3. The zero-order chi connectivity index (χ0) is 18.0. The highest BCUT2D eigenvalue weighted by atomic mass is 16.4. The molecule has 0 radical (unpaired) electrons. The number of hydrogen-bond acceptors (Lipinski definition) is 3. The maximum absolute atomic E-state index is 13.1. The van der Waals surface area contributed by atoms with Crippen LogP contribution in [0.4, 0.5) is 11.4 Å². The number of rotatable bonds is 4. The molecule has 2 aromatic carbocycles. The lowest BCUT2D eigenvalue weighted by atomic mass is 10.1. The van der Waals surface area contributed by atoms with E-state index in [0.29, 0.717) is 11.4 Å². The van der Waals surface area contributed by atoms with E-state index in [1.165, 1.54) is 11.2 Å². The monoisotopic (exact) mass is 335 g/mol. The van der Waals surface area contributed by atoms with Crippen LogP contribution in [0, 0.1) is 13.8 Å². The number of benzene rings is 2. The van der Waals surface area contributed by atoms with Crippen LogP contribution in [0.1, 0.15) is 32.1 Å². The summed E-state index contributed by atoms with van der Waals surface area (Å²) < 4.78 is 0. The largest absolute Gasteiger partial charge is 0.477 e. The Morgan fingerprint density at radius 2 is 1.40 bits per heavy atom. The van der Waals surface area contributed by atoms with Crippen molar-refractivity contribution in [1.29, 1.82) is 0 Å². The van der Waals surface area contributed by atoms with Gasteiger partial charge in [-0.1, -0.05) is 35.4 Å². The average Bonchev–Trinajstić information content (AvgIpc) is 3.08. The van der Waals surface area contributed by atoms with Crippen LogP contribution in [0.5, 0.6) is 0 Å². The van der Waals surface area contributed by atoms with Gasteiger partial charge >= 0.3 is 5.97 Å². The van der Waals surface area contributed by atoms with Crippen molar-refractivity contribution in [2.75, 3.05) is 4.90 Å². The molecule has 3 aromatic rings. The van der Waals surface area contributed by atoms with Crippen LogP contribution in [0.2, 0.25) is 0 Å². The average molecular weight is 335 g/mol. The zero-order valence-corrected chi connectivity index (χ0v) is 13.9. The first-order valence-electron chi connectivity index (χ1n) is 7.72. The molecule has 0 aliphatic rings. The summed E-state index contributed by atoms with van der Waals surface area (Å²) in [5.74, 6) is -1.74. The van der Waals surface area contributed by atoms with Crippen molar-refractivity contribution in [2.24, 2.45) is 0 Å². The standard InChI is InChI=1S/C19H17N3O3/c1-12-3-7-14(8-4-12)22(15-9-5-13(2)6-10-15)18(23)16-17(19(24)25)21-11-20-16/h3-11H,1-2H3,(H,20,21)(H,24,25). The number of aromatic nitrogens is 2. The van der Waals surface area contributed by atoms with E-state index in [1.807, 2.05) is 62.4 Å². The molecular weight excluding hydrogens is 318 g/mol. The lowest BCUT2D eigenvalue weighted by Gasteiger charge is -2.23. The van der Waals surface area contributed by atoms with Crippen LogP contribution in [-0.4, -0.2) is 27.0 Å². The number of nitrogens with zero attached hydrogens (tertiary/aromatic N) is 2. The number of carboxylic acids is 1. The van der Waals surface area contributed by atoms with Crippen LogP contribution < -0.4 is 4.90 Å². The molecule has 0 saturated heterocycles. The molecule has 1 heterocycles. The van der Waals surface area contributed by atoms with Crippen molar-refractivity contribution in [2.45, 2.75) is 13.8 Å². The van der Waals surface area contributed by atoms with Crippen LogP contribution in [0.15, 0.2) is 54.9 Å². The number of aromatic amines is 1. The summed E-state index contributed by atoms with van der Waals surface area (Å²) in [7, 11) is 0. The quantitative estimate of drug-likeness (QED) is 0.761. The summed E-state index contributed by atoms with van der Waals surface area (Å²) in [6, 6.07) is 14.9. The van der Waals surface area contributed by atoms with Gasteiger partial charge in [-0.05, 0) is 38.1 Å². The zero-order valence-electron chi connectivity index (χ0n) is 13.9. The molecule has 6 heteroatoms. The van der Waals surface area contributed by atoms with E-state index in [9.17, 15) is 14.7 Å². The molecule has 0 aliphatic heterocycles. The lowest BCUT2D eigenvalue weighted by Crippen LogP contribution is -2.28. The summed E-state index contributed by atoms with van der Waals surface area (Å²) in [6.45, 7) is 3.91. The number of aryl methyl sites for hydroxylation is 2. The topological polar surface area (TPSA) is 86.3 Å². The Morgan fingerprint density at radius 1 is 0.920 bits per heavy atom. The van der Waals surface area contributed by atoms with Crippen LogP contribution in [0.3, 0.4) is 0 Å². The fourth-order valence-corrected chi connectivity index (χ4v) is 2.50. The van der Waals surface area contributed by atoms with Gasteiger partial charge in [0.25, 0.3) is 5.91 Å². The van der Waals surface area contributed by atoms with E-state index >= 15 is 0 Å². The van der Waals surface area contributed by atoms with Gasteiger partial charge in [0.2, 0.25) is 0 Å². The first-order chi connectivity index (χ1) is 12.0. The Balaban J connectivity index is 2.11. The highest BCUT2D eigenvalue weighted by Crippen LogP contribution is 2.28. The molecule has 0 bridgehead atoms. The van der Waals surface area contributed by atoms with Gasteiger partial charge < -0.3 is 10.1 Å². The molecule has 126 valence electrons. The summed E-state index contributed by atoms with van der Waals surface area (Å²) >= 11 is 0. The fraction of sp³-hybridized carbons (Fsp3) is 0.105. The predicted molar refractivity (Wildman–Crippen MR) is 94.4 cm³/mol. The summed E-state index contributed by atoms with van der Waals surface area (Å²) in [5, 5.41) is 9.26. The van der Waals surface area contributed by atoms with Gasteiger partial charge in [0.1, 0.15) is 0 Å². The Labute approximate surface area is 144 Å². The second-order valence-electron chi connectivity index (χ2n) is 5.74. The minimum Gasteiger partial charge on any atom is -0.477 e. The van der Waals surface area contributed by atoms with Crippen molar-refractivity contribution in [3.63, 3.8) is 0 Å². The molecular formula is C19H17N3O3. The second kappa shape index (κ2) is 6.60. The minimum absolute atomic E-state index is 0.131. The van der Waals surface area contributed by atoms with Crippen molar-refractivity contribution < 1.29 is 14.7 Å². The highest BCUT2D eigenvalue weighted by molar-refractivity contribution is 6.13. The predicted octanol–water partition coefficient (Wildman–Crippen LogP) is 3.70. The van der Waals surface area contributed by atoms with Gasteiger partial charge in [-0.3, -0.25) is 9.69 Å². The Hall–Kier alpha value is -3.41. The van der Waals surface area contributed by atoms with Gasteiger partial charge in [-0.2, -0.15) is 0 Å². The molecule has 0 fully saturated rings. The number of H-pyrrole nitrogens is 1. The molecule has 0 unspecified atom stereocenters. The third-order valence-electron chi connectivity index (χ3n) is 3.84. The van der Waals surface area contributed by atoms with Gasteiger partial charge in [0, 0.05) is 11.4 Å². The van der Waals surface area contributed by atoms with E-state index in [-0.39, 0.29) is 11.4 Å². The molecule has 0 spiro atoms. The van der Waals surface area contributed by atoms with Crippen LogP contribution in [-0.2, 0) is 0 Å². The van der Waals surface area contributed by atoms with Crippen molar-refractivity contribution >= 4 is 23.3 Å². The molecule has 1 amide bonds. The van der Waals surface area contributed by atoms with E-state index in [4.69, 9.17) is 0 Å². The van der Waals surface area contributed by atoms with Crippen LogP contribution >= 0.6 is 0 Å². The van der Waals surface area contributed by atoms with Crippen molar-refractivity contribution in [3.8, 4) is 0 Å². The lowest BCUT2D eigenvalue weighted by molar-refractivity contribution is 0.0686. The van der Waals surface area contributed by atoms with E-state index < -0.39 is 11.9 Å². The number of imidazole rings is 1. The van der Waals surface area contributed by atoms with E-state index in [0.717, 1.165) is 11.1 Å². The molecule has 0 atom stereocenters. The maximum Gasteiger partial charge on any atom is 0.354 e. The van der Waals surface area contributed by atoms with Gasteiger partial charge in [0.05, 0.1) is 6.33 Å². The number of carbonyl (C=O) groups excluding carboxylic acids is 1. The van der Waals surface area contributed by atoms with Crippen molar-refractivity contribution in [1.82, 2.24) is 9.97 Å². The van der Waals surface area contributed by atoms with Gasteiger partial charge in [-0.25, -0.2) is 9.78 Å². The third-order valence-corrected chi connectivity index (χ3v) is 3.84. The summed E-state index contributed by atoms with van der Waals surface area (Å²) in [6.07, 6.45) is 1.21. The van der Waals surface area contributed by atoms with Crippen LogP contribution in [0.25, 0.3) is 0 Å². The van der Waals surface area contributed by atoms with Gasteiger partial charge in [-0.15, -0.1) is 0 Å². The smallest absolute Gasteiger partial charge is 0.354 e. The number of aromatic carboxylic acids is 1. The molecule has 2 N–H and O–H groups in total. The number of nitrogens with one attached hydrogen (secondary N) is 1. The fourth-order valence-electron chi connectivity index (χ4n) is 2.50. The first kappa shape index (κ1) is 16.4. The Kier molecular flexibility index (Phi) is 4.35. The van der Waals surface area contributed by atoms with E-state index in [2.05, 4.69) is 9.97 Å². The second-order valence-corrected chi connectivity index (χ2v) is 5.74. The SMILES string of the molecule is Cc1ccc(N(C(=O)c2nc[nH]c2C(=O)O)c2ccc(C)cc2)cc1.